The smallest absolute Gasteiger partial charge is 0.342 e. The number of aryl methyl sites for hydroxylation is 2. The van der Waals surface area contributed by atoms with Gasteiger partial charge < -0.3 is 4.74 Å². The van der Waals surface area contributed by atoms with E-state index in [-0.39, 0.29) is 12.4 Å². The summed E-state index contributed by atoms with van der Waals surface area (Å²) in [6.45, 7) is 5.72. The lowest BCUT2D eigenvalue weighted by Crippen LogP contribution is -2.11. The van der Waals surface area contributed by atoms with E-state index in [2.05, 4.69) is 5.10 Å². The molecule has 0 aliphatic carbocycles. The van der Waals surface area contributed by atoms with E-state index in [0.717, 1.165) is 16.7 Å². The zero-order chi connectivity index (χ0) is 19.4. The minimum absolute atomic E-state index is 0.202. The highest BCUT2D eigenvalue weighted by atomic mass is 16.5. The van der Waals surface area contributed by atoms with Crippen molar-refractivity contribution in [2.45, 2.75) is 27.3 Å². The largest absolute Gasteiger partial charge is 0.454 e. The van der Waals surface area contributed by atoms with Crippen molar-refractivity contribution in [1.82, 2.24) is 9.78 Å². The Hall–Kier alpha value is -3.21. The van der Waals surface area contributed by atoms with Crippen LogP contribution in [0, 0.1) is 13.8 Å². The van der Waals surface area contributed by atoms with Crippen molar-refractivity contribution in [3.05, 3.63) is 77.0 Å². The molecule has 0 amide bonds. The van der Waals surface area contributed by atoms with Gasteiger partial charge >= 0.3 is 5.97 Å². The maximum absolute atomic E-state index is 12.5. The number of hydrogen-bond donors (Lipinski definition) is 0. The van der Waals surface area contributed by atoms with Gasteiger partial charge in [-0.1, -0.05) is 59.7 Å². The molecule has 0 spiro atoms. The van der Waals surface area contributed by atoms with Crippen LogP contribution in [0.3, 0.4) is 0 Å². The van der Waals surface area contributed by atoms with E-state index in [0.29, 0.717) is 17.8 Å². The van der Waals surface area contributed by atoms with E-state index in [1.807, 2.05) is 62.4 Å². The number of aromatic nitrogens is 2. The first-order valence-corrected chi connectivity index (χ1v) is 8.79. The lowest BCUT2D eigenvalue weighted by molar-refractivity contribution is -0.120. The van der Waals surface area contributed by atoms with Gasteiger partial charge in [0.05, 0.1) is 6.54 Å². The zero-order valence-electron chi connectivity index (χ0n) is 15.7. The molecular formula is C22H22N2O3. The fourth-order valence-corrected chi connectivity index (χ4v) is 2.70. The molecule has 3 aromatic rings. The molecular weight excluding hydrogens is 340 g/mol. The first kappa shape index (κ1) is 18.6. The van der Waals surface area contributed by atoms with Crippen LogP contribution in [0.1, 0.15) is 34.0 Å². The number of ketones is 1. The van der Waals surface area contributed by atoms with E-state index >= 15 is 0 Å². The molecule has 0 unspecified atom stereocenters. The number of carbonyl (C=O) groups excluding carboxylic acids is 2. The Balaban J connectivity index is 1.94. The van der Waals surface area contributed by atoms with Crippen molar-refractivity contribution in [3.8, 4) is 11.3 Å². The van der Waals surface area contributed by atoms with E-state index < -0.39 is 5.97 Å². The fourth-order valence-electron chi connectivity index (χ4n) is 2.70. The van der Waals surface area contributed by atoms with Crippen LogP contribution in [0.5, 0.6) is 0 Å². The van der Waals surface area contributed by atoms with Crippen molar-refractivity contribution in [3.63, 3.8) is 0 Å². The summed E-state index contributed by atoms with van der Waals surface area (Å²) in [7, 11) is 0. The quantitative estimate of drug-likeness (QED) is 0.623. The summed E-state index contributed by atoms with van der Waals surface area (Å²) in [6.07, 6.45) is 1.68. The molecule has 27 heavy (non-hydrogen) atoms. The third-order valence-electron chi connectivity index (χ3n) is 4.18. The third kappa shape index (κ3) is 4.70. The molecule has 3 rings (SSSR count). The number of ether oxygens (including phenoxy) is 1. The summed E-state index contributed by atoms with van der Waals surface area (Å²) in [6, 6.07) is 16.0. The van der Waals surface area contributed by atoms with Crippen LogP contribution in [0.15, 0.2) is 54.7 Å². The number of rotatable bonds is 6. The number of carbonyl (C=O) groups is 2. The van der Waals surface area contributed by atoms with Gasteiger partial charge in [-0.2, -0.15) is 5.10 Å². The highest BCUT2D eigenvalue weighted by molar-refractivity contribution is 5.97. The highest BCUT2D eigenvalue weighted by Crippen LogP contribution is 2.24. The van der Waals surface area contributed by atoms with Crippen molar-refractivity contribution >= 4 is 11.8 Å². The van der Waals surface area contributed by atoms with Gasteiger partial charge in [-0.25, -0.2) is 4.79 Å². The molecule has 0 saturated heterocycles. The Kier molecular flexibility index (Phi) is 5.50. The van der Waals surface area contributed by atoms with Crippen LogP contribution in [0.25, 0.3) is 11.3 Å². The summed E-state index contributed by atoms with van der Waals surface area (Å²) in [5, 5.41) is 4.61. The third-order valence-corrected chi connectivity index (χ3v) is 4.18. The van der Waals surface area contributed by atoms with Crippen LogP contribution in [0.4, 0.5) is 0 Å². The molecule has 0 aliphatic heterocycles. The monoisotopic (exact) mass is 362 g/mol. The van der Waals surface area contributed by atoms with Gasteiger partial charge in [0, 0.05) is 11.8 Å². The number of benzene rings is 2. The number of esters is 1. The maximum Gasteiger partial charge on any atom is 0.342 e. The molecule has 0 radical (unpaired) electrons. The normalized spacial score (nSPS) is 10.6. The Morgan fingerprint density at radius 1 is 0.963 bits per heavy atom. The van der Waals surface area contributed by atoms with Crippen LogP contribution < -0.4 is 0 Å². The summed E-state index contributed by atoms with van der Waals surface area (Å²) in [5.41, 5.74) is 5.13. The van der Waals surface area contributed by atoms with E-state index in [9.17, 15) is 9.59 Å². The molecule has 1 aromatic heterocycles. The predicted octanol–water partition coefficient (Wildman–Crippen LogP) is 3.96. The second-order valence-electron chi connectivity index (χ2n) is 6.72. The molecule has 0 atom stereocenters. The second-order valence-corrected chi connectivity index (χ2v) is 6.72. The first-order valence-electron chi connectivity index (χ1n) is 8.79. The minimum Gasteiger partial charge on any atom is -0.454 e. The van der Waals surface area contributed by atoms with Gasteiger partial charge in [0.1, 0.15) is 17.9 Å². The van der Waals surface area contributed by atoms with Gasteiger partial charge in [0.2, 0.25) is 0 Å². The first-order chi connectivity index (χ1) is 12.9. The molecule has 5 heteroatoms. The molecule has 0 fully saturated rings. The van der Waals surface area contributed by atoms with Crippen molar-refractivity contribution < 1.29 is 14.3 Å². The molecule has 5 nitrogen and oxygen atoms in total. The van der Waals surface area contributed by atoms with Crippen molar-refractivity contribution in [2.75, 3.05) is 6.61 Å². The SMILES string of the molecule is CC(=O)COC(=O)c1cn(Cc2ccc(C)cc2)nc1-c1ccc(C)cc1. The van der Waals surface area contributed by atoms with Gasteiger partial charge in [-0.3, -0.25) is 9.48 Å². The predicted molar refractivity (Wildman–Crippen MR) is 104 cm³/mol. The Bertz CT molecular complexity index is 954. The van der Waals surface area contributed by atoms with Gasteiger partial charge in [-0.15, -0.1) is 0 Å². The zero-order valence-corrected chi connectivity index (χ0v) is 15.7. The fraction of sp³-hybridized carbons (Fsp3) is 0.227. The lowest BCUT2D eigenvalue weighted by Gasteiger charge is -2.03. The van der Waals surface area contributed by atoms with E-state index in [1.165, 1.54) is 12.5 Å². The second kappa shape index (κ2) is 7.99. The van der Waals surface area contributed by atoms with Crippen LogP contribution in [-0.2, 0) is 16.1 Å². The maximum atomic E-state index is 12.5. The van der Waals surface area contributed by atoms with Crippen molar-refractivity contribution in [1.29, 1.82) is 0 Å². The average molecular weight is 362 g/mol. The molecule has 2 aromatic carbocycles. The summed E-state index contributed by atoms with van der Waals surface area (Å²) in [4.78, 5) is 23.6. The van der Waals surface area contributed by atoms with Crippen LogP contribution in [0.2, 0.25) is 0 Å². The number of Topliss-reactive ketones (excluding diaryl/α,β-unsaturated/α-hetero) is 1. The Labute approximate surface area is 158 Å². The topological polar surface area (TPSA) is 61.2 Å². The lowest BCUT2D eigenvalue weighted by atomic mass is 10.1. The molecule has 1 heterocycles. The summed E-state index contributed by atoms with van der Waals surface area (Å²) in [5.74, 6) is -0.747. The number of hydrogen-bond acceptors (Lipinski definition) is 4. The molecule has 0 saturated carbocycles. The summed E-state index contributed by atoms with van der Waals surface area (Å²) < 4.78 is 6.84. The Morgan fingerprint density at radius 3 is 2.15 bits per heavy atom. The number of nitrogens with zero attached hydrogens (tertiary/aromatic N) is 2. The molecule has 0 N–H and O–H groups in total. The summed E-state index contributed by atoms with van der Waals surface area (Å²) >= 11 is 0. The van der Waals surface area contributed by atoms with E-state index in [1.54, 1.807) is 10.9 Å². The van der Waals surface area contributed by atoms with Crippen LogP contribution >= 0.6 is 0 Å². The van der Waals surface area contributed by atoms with Gasteiger partial charge in [0.25, 0.3) is 0 Å². The molecule has 0 aliphatic rings. The minimum atomic E-state index is -0.545. The van der Waals surface area contributed by atoms with Gasteiger partial charge in [0.15, 0.2) is 5.78 Å². The Morgan fingerprint density at radius 2 is 1.56 bits per heavy atom. The molecule has 138 valence electrons. The average Bonchev–Trinajstić information content (AvgIpc) is 3.06. The van der Waals surface area contributed by atoms with Crippen LogP contribution in [-0.4, -0.2) is 28.1 Å². The van der Waals surface area contributed by atoms with E-state index in [4.69, 9.17) is 4.74 Å². The standard InChI is InChI=1S/C22H22N2O3/c1-15-4-8-18(9-5-15)12-24-13-20(22(26)27-14-17(3)25)21(23-24)19-10-6-16(2)7-11-19/h4-11,13H,12,14H2,1-3H3. The highest BCUT2D eigenvalue weighted by Gasteiger charge is 2.20. The molecule has 0 bridgehead atoms. The van der Waals surface area contributed by atoms with Gasteiger partial charge in [-0.05, 0) is 26.3 Å². The van der Waals surface area contributed by atoms with Crippen molar-refractivity contribution in [2.24, 2.45) is 0 Å².